The minimum atomic E-state index is -0.742. The monoisotopic (exact) mass is 209 g/mol. The van der Waals surface area contributed by atoms with Gasteiger partial charge in [0.05, 0.1) is 0 Å². The molecule has 0 radical (unpaired) electrons. The Morgan fingerprint density at radius 1 is 1.27 bits per heavy atom. The maximum Gasteiger partial charge on any atom is 0.404 e. The van der Waals surface area contributed by atoms with Crippen LogP contribution in [0.3, 0.4) is 0 Å². The van der Waals surface area contributed by atoms with Crippen molar-refractivity contribution < 1.29 is 9.53 Å². The fraction of sp³-hybridized carbons (Fsp3) is 0.417. The Morgan fingerprint density at radius 3 is 2.13 bits per heavy atom. The molecule has 0 heterocycles. The van der Waals surface area contributed by atoms with Crippen LogP contribution in [-0.4, -0.2) is 6.09 Å². The summed E-state index contributed by atoms with van der Waals surface area (Å²) in [6.45, 7) is 6.75. The Balaban J connectivity index is 0.000000423. The van der Waals surface area contributed by atoms with Crippen molar-refractivity contribution in [3.63, 3.8) is 0 Å². The zero-order valence-corrected chi connectivity index (χ0v) is 9.57. The number of primary amides is 1. The van der Waals surface area contributed by atoms with Gasteiger partial charge >= 0.3 is 6.09 Å². The van der Waals surface area contributed by atoms with Crippen molar-refractivity contribution in [2.24, 2.45) is 11.7 Å². The number of hydrogen-bond donors (Lipinski definition) is 1. The Bertz CT molecular complexity index is 267. The molecule has 0 aliphatic carbocycles. The molecule has 3 heteroatoms. The first kappa shape index (κ1) is 13.5. The molecule has 0 spiro atoms. The van der Waals surface area contributed by atoms with E-state index >= 15 is 0 Å². The van der Waals surface area contributed by atoms with Gasteiger partial charge in [-0.2, -0.15) is 0 Å². The Hall–Kier alpha value is -1.51. The zero-order chi connectivity index (χ0) is 11.7. The summed E-state index contributed by atoms with van der Waals surface area (Å²) in [5.74, 6) is 0.833. The average Bonchev–Trinajstić information content (AvgIpc) is 2.15. The van der Waals surface area contributed by atoms with Crippen LogP contribution in [0.5, 0.6) is 0 Å². The molecule has 2 N–H and O–H groups in total. The van der Waals surface area contributed by atoms with Gasteiger partial charge in [0.1, 0.15) is 6.61 Å². The molecule has 1 aromatic carbocycles. The third-order valence-electron chi connectivity index (χ3n) is 1.22. The molecule has 1 aromatic rings. The van der Waals surface area contributed by atoms with Gasteiger partial charge in [-0.25, -0.2) is 4.79 Å². The number of carbonyl (C=O) groups excluding carboxylic acids is 1. The second-order valence-electron chi connectivity index (χ2n) is 3.83. The number of ether oxygens (including phenoxy) is 1. The number of hydrogen-bond acceptors (Lipinski definition) is 2. The largest absolute Gasteiger partial charge is 0.445 e. The summed E-state index contributed by atoms with van der Waals surface area (Å²) in [6.07, 6.45) is -0.742. The van der Waals surface area contributed by atoms with Gasteiger partial charge in [-0.3, -0.25) is 0 Å². The second kappa shape index (κ2) is 7.85. The molecule has 1 rings (SSSR count). The van der Waals surface area contributed by atoms with Gasteiger partial charge in [0, 0.05) is 0 Å². The Kier molecular flexibility index (Phi) is 7.06. The fourth-order valence-corrected chi connectivity index (χ4v) is 0.729. The van der Waals surface area contributed by atoms with Gasteiger partial charge < -0.3 is 10.5 Å². The quantitative estimate of drug-likeness (QED) is 0.814. The van der Waals surface area contributed by atoms with Crippen LogP contribution >= 0.6 is 0 Å². The van der Waals surface area contributed by atoms with Crippen molar-refractivity contribution in [3.05, 3.63) is 35.9 Å². The molecular formula is C12H19NO2. The predicted octanol–water partition coefficient (Wildman–Crippen LogP) is 2.94. The number of rotatable bonds is 2. The Labute approximate surface area is 91.2 Å². The van der Waals surface area contributed by atoms with Gasteiger partial charge in [0.15, 0.2) is 0 Å². The molecule has 0 fully saturated rings. The van der Waals surface area contributed by atoms with E-state index in [9.17, 15) is 4.79 Å². The first-order valence-electron chi connectivity index (χ1n) is 4.98. The first-order chi connectivity index (χ1) is 7.02. The predicted molar refractivity (Wildman–Crippen MR) is 61.3 cm³/mol. The minimum absolute atomic E-state index is 0.246. The fourth-order valence-electron chi connectivity index (χ4n) is 0.729. The highest BCUT2D eigenvalue weighted by molar-refractivity contribution is 5.64. The SMILES string of the molecule is CC(C)C.NC(=O)OCc1ccccc1. The summed E-state index contributed by atoms with van der Waals surface area (Å²) in [5.41, 5.74) is 5.72. The lowest BCUT2D eigenvalue weighted by atomic mass is 10.2. The Morgan fingerprint density at radius 2 is 1.73 bits per heavy atom. The lowest BCUT2D eigenvalue weighted by Gasteiger charge is -1.99. The minimum Gasteiger partial charge on any atom is -0.445 e. The number of amides is 1. The molecule has 0 saturated heterocycles. The van der Waals surface area contributed by atoms with Gasteiger partial charge in [-0.1, -0.05) is 51.1 Å². The van der Waals surface area contributed by atoms with E-state index in [4.69, 9.17) is 5.73 Å². The second-order valence-corrected chi connectivity index (χ2v) is 3.83. The molecule has 0 bridgehead atoms. The van der Waals surface area contributed by atoms with Gasteiger partial charge in [-0.05, 0) is 11.5 Å². The van der Waals surface area contributed by atoms with E-state index in [1.54, 1.807) is 0 Å². The maximum absolute atomic E-state index is 10.2. The van der Waals surface area contributed by atoms with E-state index in [1.807, 2.05) is 30.3 Å². The molecule has 0 aliphatic heterocycles. The number of carbonyl (C=O) groups is 1. The van der Waals surface area contributed by atoms with Crippen LogP contribution in [-0.2, 0) is 11.3 Å². The normalized spacial score (nSPS) is 9.07. The molecule has 0 aromatic heterocycles. The van der Waals surface area contributed by atoms with Gasteiger partial charge in [0.25, 0.3) is 0 Å². The third kappa shape index (κ3) is 10.4. The summed E-state index contributed by atoms with van der Waals surface area (Å²) in [5, 5.41) is 0. The smallest absolute Gasteiger partial charge is 0.404 e. The van der Waals surface area contributed by atoms with E-state index in [2.05, 4.69) is 25.5 Å². The first-order valence-corrected chi connectivity index (χ1v) is 4.98. The van der Waals surface area contributed by atoms with Crippen molar-refractivity contribution >= 4 is 6.09 Å². The van der Waals surface area contributed by atoms with Crippen molar-refractivity contribution in [2.75, 3.05) is 0 Å². The van der Waals surface area contributed by atoms with Crippen LogP contribution < -0.4 is 5.73 Å². The van der Waals surface area contributed by atoms with Crippen LogP contribution in [0.2, 0.25) is 0 Å². The van der Waals surface area contributed by atoms with Crippen LogP contribution in [0.1, 0.15) is 26.3 Å². The molecule has 1 amide bonds. The highest BCUT2D eigenvalue weighted by Crippen LogP contribution is 1.99. The summed E-state index contributed by atoms with van der Waals surface area (Å²) < 4.78 is 4.57. The standard InChI is InChI=1S/C8H9NO2.C4H10/c9-8(10)11-6-7-4-2-1-3-5-7;1-4(2)3/h1-5H,6H2,(H2,9,10);4H,1-3H3. The summed E-state index contributed by atoms with van der Waals surface area (Å²) in [7, 11) is 0. The highest BCUT2D eigenvalue weighted by Gasteiger charge is 1.93. The maximum atomic E-state index is 10.2. The molecule has 0 atom stereocenters. The van der Waals surface area contributed by atoms with E-state index < -0.39 is 6.09 Å². The number of benzene rings is 1. The molecule has 84 valence electrons. The molecule has 0 aliphatic rings. The van der Waals surface area contributed by atoms with E-state index in [-0.39, 0.29) is 6.61 Å². The topological polar surface area (TPSA) is 52.3 Å². The van der Waals surface area contributed by atoms with E-state index in [0.717, 1.165) is 11.5 Å². The lowest BCUT2D eigenvalue weighted by molar-refractivity contribution is 0.150. The van der Waals surface area contributed by atoms with Gasteiger partial charge in [0.2, 0.25) is 0 Å². The van der Waals surface area contributed by atoms with Crippen LogP contribution in [0.25, 0.3) is 0 Å². The summed E-state index contributed by atoms with van der Waals surface area (Å²) >= 11 is 0. The van der Waals surface area contributed by atoms with Gasteiger partial charge in [-0.15, -0.1) is 0 Å². The van der Waals surface area contributed by atoms with Crippen molar-refractivity contribution in [3.8, 4) is 0 Å². The molecule has 0 saturated carbocycles. The van der Waals surface area contributed by atoms with E-state index in [0.29, 0.717) is 0 Å². The van der Waals surface area contributed by atoms with Crippen molar-refractivity contribution in [2.45, 2.75) is 27.4 Å². The van der Waals surface area contributed by atoms with Crippen molar-refractivity contribution in [1.82, 2.24) is 0 Å². The van der Waals surface area contributed by atoms with Crippen LogP contribution in [0.15, 0.2) is 30.3 Å². The van der Waals surface area contributed by atoms with Crippen molar-refractivity contribution in [1.29, 1.82) is 0 Å². The third-order valence-corrected chi connectivity index (χ3v) is 1.22. The van der Waals surface area contributed by atoms with E-state index in [1.165, 1.54) is 0 Å². The molecule has 0 unspecified atom stereocenters. The summed E-state index contributed by atoms with van der Waals surface area (Å²) in [4.78, 5) is 10.2. The zero-order valence-electron chi connectivity index (χ0n) is 9.57. The highest BCUT2D eigenvalue weighted by atomic mass is 16.5. The number of nitrogens with two attached hydrogens (primary N) is 1. The van der Waals surface area contributed by atoms with Crippen LogP contribution in [0, 0.1) is 5.92 Å². The van der Waals surface area contributed by atoms with Crippen LogP contribution in [0.4, 0.5) is 4.79 Å². The average molecular weight is 209 g/mol. The lowest BCUT2D eigenvalue weighted by Crippen LogP contribution is -2.12. The molecule has 15 heavy (non-hydrogen) atoms. The molecular weight excluding hydrogens is 190 g/mol. The summed E-state index contributed by atoms with van der Waals surface area (Å²) in [6, 6.07) is 9.37. The molecule has 3 nitrogen and oxygen atoms in total.